The molecule has 1 aromatic rings. The van der Waals surface area contributed by atoms with Crippen LogP contribution in [-0.4, -0.2) is 35.8 Å². The predicted molar refractivity (Wildman–Crippen MR) is 81.6 cm³/mol. The van der Waals surface area contributed by atoms with Gasteiger partial charge in [0.1, 0.15) is 11.4 Å². The lowest BCUT2D eigenvalue weighted by Crippen LogP contribution is -2.45. The molecule has 22 heavy (non-hydrogen) atoms. The van der Waals surface area contributed by atoms with Crippen molar-refractivity contribution in [1.82, 2.24) is 0 Å². The third-order valence-corrected chi connectivity index (χ3v) is 2.99. The van der Waals surface area contributed by atoms with Crippen LogP contribution in [0.5, 0.6) is 5.75 Å². The number of carbonyl (C=O) groups excluding carboxylic acids is 1. The lowest BCUT2D eigenvalue weighted by Gasteiger charge is -2.25. The van der Waals surface area contributed by atoms with Crippen molar-refractivity contribution < 1.29 is 24.2 Å². The van der Waals surface area contributed by atoms with Gasteiger partial charge in [-0.25, -0.2) is 0 Å². The van der Waals surface area contributed by atoms with Crippen molar-refractivity contribution in [2.24, 2.45) is 11.7 Å². The predicted octanol–water partition coefficient (Wildman–Crippen LogP) is 1.61. The van der Waals surface area contributed by atoms with Gasteiger partial charge in [0.05, 0.1) is 7.11 Å². The molecule has 1 aromatic carbocycles. The summed E-state index contributed by atoms with van der Waals surface area (Å²) in [4.78, 5) is 23.4. The van der Waals surface area contributed by atoms with Crippen LogP contribution in [0.2, 0.25) is 0 Å². The number of aliphatic carboxylic acids is 1. The van der Waals surface area contributed by atoms with Crippen LogP contribution in [0.3, 0.4) is 0 Å². The van der Waals surface area contributed by atoms with Crippen LogP contribution in [0.15, 0.2) is 24.3 Å². The topological polar surface area (TPSA) is 98.9 Å². The Morgan fingerprint density at radius 1 is 1.23 bits per heavy atom. The molecule has 0 aliphatic heterocycles. The molecule has 3 N–H and O–H groups in total. The van der Waals surface area contributed by atoms with Crippen molar-refractivity contribution in [2.45, 2.75) is 38.8 Å². The number of hydrogen-bond acceptors (Lipinski definition) is 5. The highest BCUT2D eigenvalue weighted by molar-refractivity contribution is 5.95. The molecule has 1 rings (SSSR count). The lowest BCUT2D eigenvalue weighted by molar-refractivity contribution is -0.167. The SMILES string of the molecule is COc1ccc(CC(N)C(C(=O)O)C(=O)OC(C)(C)C)cc1. The van der Waals surface area contributed by atoms with E-state index in [1.165, 1.54) is 0 Å². The van der Waals surface area contributed by atoms with Crippen LogP contribution in [0.4, 0.5) is 0 Å². The second-order valence-electron chi connectivity index (χ2n) is 6.07. The Morgan fingerprint density at radius 3 is 2.18 bits per heavy atom. The average molecular weight is 309 g/mol. The summed E-state index contributed by atoms with van der Waals surface area (Å²) in [5.74, 6) is -2.81. The fourth-order valence-electron chi connectivity index (χ4n) is 1.98. The van der Waals surface area contributed by atoms with Gasteiger partial charge in [-0.05, 0) is 44.9 Å². The molecule has 0 radical (unpaired) electrons. The Kier molecular flexibility index (Phi) is 5.93. The Balaban J connectivity index is 2.82. The quantitative estimate of drug-likeness (QED) is 0.612. The molecule has 2 atom stereocenters. The van der Waals surface area contributed by atoms with Crippen molar-refractivity contribution in [1.29, 1.82) is 0 Å². The smallest absolute Gasteiger partial charge is 0.322 e. The molecule has 0 saturated heterocycles. The van der Waals surface area contributed by atoms with Gasteiger partial charge >= 0.3 is 11.9 Å². The van der Waals surface area contributed by atoms with Gasteiger partial charge in [-0.15, -0.1) is 0 Å². The summed E-state index contributed by atoms with van der Waals surface area (Å²) >= 11 is 0. The third kappa shape index (κ3) is 5.37. The maximum absolute atomic E-state index is 12.0. The van der Waals surface area contributed by atoms with Crippen LogP contribution in [-0.2, 0) is 20.7 Å². The number of hydrogen-bond donors (Lipinski definition) is 2. The molecule has 122 valence electrons. The molecule has 0 amide bonds. The van der Waals surface area contributed by atoms with E-state index in [-0.39, 0.29) is 6.42 Å². The number of benzene rings is 1. The van der Waals surface area contributed by atoms with Gasteiger partial charge < -0.3 is 20.3 Å². The first-order valence-corrected chi connectivity index (χ1v) is 6.98. The van der Waals surface area contributed by atoms with E-state index in [0.717, 1.165) is 5.56 Å². The number of nitrogens with two attached hydrogens (primary N) is 1. The zero-order chi connectivity index (χ0) is 16.9. The van der Waals surface area contributed by atoms with E-state index in [0.29, 0.717) is 5.75 Å². The normalized spacial score (nSPS) is 14.0. The number of rotatable bonds is 6. The van der Waals surface area contributed by atoms with E-state index >= 15 is 0 Å². The molecular formula is C16H23NO5. The molecule has 0 aromatic heterocycles. The Morgan fingerprint density at radius 2 is 1.77 bits per heavy atom. The van der Waals surface area contributed by atoms with Crippen LogP contribution in [0, 0.1) is 5.92 Å². The van der Waals surface area contributed by atoms with E-state index < -0.39 is 29.5 Å². The molecule has 6 nitrogen and oxygen atoms in total. The Hall–Kier alpha value is -2.08. The minimum absolute atomic E-state index is 0.250. The summed E-state index contributed by atoms with van der Waals surface area (Å²) in [6.45, 7) is 5.04. The zero-order valence-corrected chi connectivity index (χ0v) is 13.3. The fourth-order valence-corrected chi connectivity index (χ4v) is 1.98. The van der Waals surface area contributed by atoms with E-state index in [4.69, 9.17) is 15.2 Å². The molecule has 0 fully saturated rings. The van der Waals surface area contributed by atoms with Crippen LogP contribution in [0.1, 0.15) is 26.3 Å². The van der Waals surface area contributed by atoms with Crippen LogP contribution < -0.4 is 10.5 Å². The largest absolute Gasteiger partial charge is 0.497 e. The van der Waals surface area contributed by atoms with E-state index in [9.17, 15) is 14.7 Å². The summed E-state index contributed by atoms with van der Waals surface area (Å²) < 4.78 is 10.2. The van der Waals surface area contributed by atoms with Crippen molar-refractivity contribution in [2.75, 3.05) is 7.11 Å². The number of carbonyl (C=O) groups is 2. The number of carboxylic acids is 1. The highest BCUT2D eigenvalue weighted by Crippen LogP contribution is 2.18. The first kappa shape index (κ1) is 18.0. The van der Waals surface area contributed by atoms with Crippen LogP contribution in [0.25, 0.3) is 0 Å². The number of ether oxygens (including phenoxy) is 2. The summed E-state index contributed by atoms with van der Waals surface area (Å²) in [6, 6.07) is 6.21. The van der Waals surface area contributed by atoms with E-state index in [1.54, 1.807) is 52.1 Å². The van der Waals surface area contributed by atoms with Crippen molar-refractivity contribution in [3.8, 4) is 5.75 Å². The van der Waals surface area contributed by atoms with Crippen LogP contribution >= 0.6 is 0 Å². The van der Waals surface area contributed by atoms with Gasteiger partial charge in [0, 0.05) is 6.04 Å². The molecular weight excluding hydrogens is 286 g/mol. The second-order valence-corrected chi connectivity index (χ2v) is 6.07. The first-order valence-electron chi connectivity index (χ1n) is 6.98. The monoisotopic (exact) mass is 309 g/mol. The Bertz CT molecular complexity index is 518. The Labute approximate surface area is 130 Å². The molecule has 2 unspecified atom stereocenters. The molecule has 0 aliphatic carbocycles. The highest BCUT2D eigenvalue weighted by Gasteiger charge is 2.36. The van der Waals surface area contributed by atoms with Crippen molar-refractivity contribution >= 4 is 11.9 Å². The lowest BCUT2D eigenvalue weighted by atomic mass is 9.94. The average Bonchev–Trinajstić information content (AvgIpc) is 2.36. The summed E-state index contributed by atoms with van der Waals surface area (Å²) in [5.41, 5.74) is 5.99. The highest BCUT2D eigenvalue weighted by atomic mass is 16.6. The third-order valence-electron chi connectivity index (χ3n) is 2.99. The fraction of sp³-hybridized carbons (Fsp3) is 0.500. The molecule has 0 heterocycles. The van der Waals surface area contributed by atoms with E-state index in [1.807, 2.05) is 0 Å². The van der Waals surface area contributed by atoms with Gasteiger partial charge in [0.2, 0.25) is 0 Å². The number of methoxy groups -OCH3 is 1. The standard InChI is InChI=1S/C16H23NO5/c1-16(2,3)22-15(20)13(14(18)19)12(17)9-10-5-7-11(21-4)8-6-10/h5-8,12-13H,9,17H2,1-4H3,(H,18,19). The van der Waals surface area contributed by atoms with Gasteiger partial charge in [0.15, 0.2) is 5.92 Å². The van der Waals surface area contributed by atoms with E-state index in [2.05, 4.69) is 0 Å². The van der Waals surface area contributed by atoms with Gasteiger partial charge in [0.25, 0.3) is 0 Å². The number of esters is 1. The first-order chi connectivity index (χ1) is 10.1. The molecule has 0 bridgehead atoms. The molecule has 0 saturated carbocycles. The summed E-state index contributed by atoms with van der Waals surface area (Å²) in [7, 11) is 1.56. The maximum Gasteiger partial charge on any atom is 0.322 e. The maximum atomic E-state index is 12.0. The van der Waals surface area contributed by atoms with Gasteiger partial charge in [-0.1, -0.05) is 12.1 Å². The summed E-state index contributed by atoms with van der Waals surface area (Å²) in [6.07, 6.45) is 0.250. The molecule has 0 spiro atoms. The minimum Gasteiger partial charge on any atom is -0.497 e. The number of carboxylic acid groups (broad SMARTS) is 1. The van der Waals surface area contributed by atoms with Crippen molar-refractivity contribution in [3.63, 3.8) is 0 Å². The molecule has 0 aliphatic rings. The summed E-state index contributed by atoms with van der Waals surface area (Å²) in [5, 5.41) is 9.27. The zero-order valence-electron chi connectivity index (χ0n) is 13.3. The van der Waals surface area contributed by atoms with Gasteiger partial charge in [-0.2, -0.15) is 0 Å². The minimum atomic E-state index is -1.40. The van der Waals surface area contributed by atoms with Gasteiger partial charge in [-0.3, -0.25) is 9.59 Å². The van der Waals surface area contributed by atoms with Crippen molar-refractivity contribution in [3.05, 3.63) is 29.8 Å². The molecule has 6 heteroatoms. The second kappa shape index (κ2) is 7.26.